The van der Waals surface area contributed by atoms with Gasteiger partial charge in [0, 0.05) is 29.1 Å². The first kappa shape index (κ1) is 10.7. The first-order valence-corrected chi connectivity index (χ1v) is 5.73. The summed E-state index contributed by atoms with van der Waals surface area (Å²) in [7, 11) is -0.830. The molecule has 0 spiro atoms. The number of hydrogen-bond donors (Lipinski definition) is 1. The van der Waals surface area contributed by atoms with Crippen molar-refractivity contribution in [3.8, 4) is 0 Å². The topological polar surface area (TPSA) is 57.6 Å². The molecule has 1 heterocycles. The second-order valence-corrected chi connectivity index (χ2v) is 5.19. The minimum atomic E-state index is -0.830. The fraction of sp³-hybridized carbons (Fsp3) is 0.875. The maximum Gasteiger partial charge on any atom is 0.248 e. The molecule has 5 heteroatoms. The minimum absolute atomic E-state index is 0.00394. The van der Waals surface area contributed by atoms with Crippen LogP contribution < -0.4 is 0 Å². The second-order valence-electron chi connectivity index (χ2n) is 3.28. The highest BCUT2D eigenvalue weighted by Crippen LogP contribution is 2.15. The maximum absolute atomic E-state index is 11.4. The summed E-state index contributed by atoms with van der Waals surface area (Å²) < 4.78 is 11.4. The van der Waals surface area contributed by atoms with Gasteiger partial charge in [-0.3, -0.25) is 9.00 Å². The van der Waals surface area contributed by atoms with Crippen LogP contribution in [0.15, 0.2) is 0 Å². The van der Waals surface area contributed by atoms with Gasteiger partial charge in [-0.2, -0.15) is 0 Å². The number of aliphatic hydroxyl groups is 1. The third-order valence-corrected chi connectivity index (χ3v) is 4.38. The Morgan fingerprint density at radius 2 is 2.23 bits per heavy atom. The van der Waals surface area contributed by atoms with Crippen molar-refractivity contribution in [1.82, 2.24) is 4.90 Å². The van der Waals surface area contributed by atoms with Crippen molar-refractivity contribution in [2.24, 2.45) is 0 Å². The Balaban J connectivity index is 2.69. The maximum atomic E-state index is 11.4. The van der Waals surface area contributed by atoms with Gasteiger partial charge >= 0.3 is 0 Å². The number of amides is 1. The Kier molecular flexibility index (Phi) is 3.44. The Labute approximate surface area is 80.4 Å². The lowest BCUT2D eigenvalue weighted by Crippen LogP contribution is -2.53. The van der Waals surface area contributed by atoms with Crippen molar-refractivity contribution in [2.75, 3.05) is 18.9 Å². The van der Waals surface area contributed by atoms with E-state index >= 15 is 0 Å². The molecular weight excluding hydrogens is 190 g/mol. The van der Waals surface area contributed by atoms with E-state index in [0.29, 0.717) is 12.3 Å². The van der Waals surface area contributed by atoms with Crippen LogP contribution in [0.2, 0.25) is 0 Å². The summed E-state index contributed by atoms with van der Waals surface area (Å²) in [5, 5.41) is 8.69. The molecule has 0 bridgehead atoms. The number of rotatable bonds is 1. The number of carbonyl (C=O) groups is 1. The number of carbonyl (C=O) groups excluding carboxylic acids is 1. The van der Waals surface area contributed by atoms with E-state index in [-0.39, 0.29) is 17.2 Å². The van der Waals surface area contributed by atoms with Gasteiger partial charge in [0.15, 0.2) is 0 Å². The fourth-order valence-electron chi connectivity index (χ4n) is 1.49. The van der Waals surface area contributed by atoms with E-state index in [1.807, 2.05) is 13.8 Å². The molecule has 1 aliphatic rings. The average Bonchev–Trinajstić information content (AvgIpc) is 2.13. The van der Waals surface area contributed by atoms with Crippen molar-refractivity contribution in [3.05, 3.63) is 0 Å². The molecule has 1 rings (SSSR count). The summed E-state index contributed by atoms with van der Waals surface area (Å²) >= 11 is 0. The van der Waals surface area contributed by atoms with Crippen LogP contribution in [0.25, 0.3) is 0 Å². The lowest BCUT2D eigenvalue weighted by Gasteiger charge is -2.36. The quantitative estimate of drug-likeness (QED) is 0.618. The van der Waals surface area contributed by atoms with Crippen LogP contribution in [0.3, 0.4) is 0 Å². The lowest BCUT2D eigenvalue weighted by atomic mass is 10.2. The highest BCUT2D eigenvalue weighted by molar-refractivity contribution is 7.85. The van der Waals surface area contributed by atoms with Crippen LogP contribution in [0, 0.1) is 0 Å². The van der Waals surface area contributed by atoms with Crippen molar-refractivity contribution in [3.63, 3.8) is 0 Å². The van der Waals surface area contributed by atoms with Gasteiger partial charge in [-0.1, -0.05) is 0 Å². The van der Waals surface area contributed by atoms with Crippen LogP contribution in [0.1, 0.15) is 13.8 Å². The van der Waals surface area contributed by atoms with Crippen molar-refractivity contribution >= 4 is 16.7 Å². The van der Waals surface area contributed by atoms with Gasteiger partial charge in [-0.15, -0.1) is 0 Å². The molecule has 1 N–H and O–H groups in total. The fourth-order valence-corrected chi connectivity index (χ4v) is 2.83. The van der Waals surface area contributed by atoms with E-state index in [0.717, 1.165) is 0 Å². The molecule has 0 aliphatic carbocycles. The summed E-state index contributed by atoms with van der Waals surface area (Å²) in [5.74, 6) is 0.258. The Bertz CT molecular complexity index is 231. The molecule has 3 atom stereocenters. The summed E-state index contributed by atoms with van der Waals surface area (Å²) in [6.45, 7) is 3.79. The minimum Gasteiger partial charge on any atom is -0.387 e. The third-order valence-electron chi connectivity index (χ3n) is 2.57. The summed E-state index contributed by atoms with van der Waals surface area (Å²) in [5.41, 5.74) is 0. The molecule has 1 amide bonds. The monoisotopic (exact) mass is 205 g/mol. The zero-order valence-electron chi connectivity index (χ0n) is 7.90. The molecule has 3 unspecified atom stereocenters. The Hall–Kier alpha value is -0.420. The van der Waals surface area contributed by atoms with Crippen LogP contribution in [0.4, 0.5) is 0 Å². The summed E-state index contributed by atoms with van der Waals surface area (Å²) in [6, 6.07) is -0.0331. The van der Waals surface area contributed by atoms with Gasteiger partial charge in [0.2, 0.25) is 5.91 Å². The molecular formula is C8H15NO3S. The van der Waals surface area contributed by atoms with Gasteiger partial charge < -0.3 is 10.0 Å². The molecule has 1 fully saturated rings. The standard InChI is InChI=1S/C8H15NO3S/c1-6-7(2)13(12)4-3-9(6)8(11)5-10/h6-7,10H,3-5H2,1-2H3. The van der Waals surface area contributed by atoms with Gasteiger partial charge in [0.05, 0.1) is 5.25 Å². The van der Waals surface area contributed by atoms with E-state index in [9.17, 15) is 9.00 Å². The number of hydrogen-bond acceptors (Lipinski definition) is 3. The van der Waals surface area contributed by atoms with Crippen molar-refractivity contribution < 1.29 is 14.1 Å². The highest BCUT2D eigenvalue weighted by atomic mass is 32.2. The van der Waals surface area contributed by atoms with Crippen LogP contribution in [0.5, 0.6) is 0 Å². The number of nitrogens with zero attached hydrogens (tertiary/aromatic N) is 1. The molecule has 0 radical (unpaired) electrons. The van der Waals surface area contributed by atoms with Crippen molar-refractivity contribution in [1.29, 1.82) is 0 Å². The zero-order valence-corrected chi connectivity index (χ0v) is 8.71. The summed E-state index contributed by atoms with van der Waals surface area (Å²) in [6.07, 6.45) is 0. The van der Waals surface area contributed by atoms with E-state index in [2.05, 4.69) is 0 Å². The van der Waals surface area contributed by atoms with Crippen LogP contribution in [-0.2, 0) is 15.6 Å². The average molecular weight is 205 g/mol. The molecule has 4 nitrogen and oxygen atoms in total. The molecule has 0 saturated carbocycles. The molecule has 0 aromatic carbocycles. The molecule has 1 saturated heterocycles. The van der Waals surface area contributed by atoms with Crippen molar-refractivity contribution in [2.45, 2.75) is 25.1 Å². The van der Waals surface area contributed by atoms with Gasteiger partial charge in [-0.25, -0.2) is 0 Å². The largest absolute Gasteiger partial charge is 0.387 e. The van der Waals surface area contributed by atoms with Gasteiger partial charge in [0.1, 0.15) is 6.61 Å². The van der Waals surface area contributed by atoms with E-state index in [1.165, 1.54) is 0 Å². The summed E-state index contributed by atoms with van der Waals surface area (Å²) in [4.78, 5) is 12.8. The van der Waals surface area contributed by atoms with E-state index < -0.39 is 17.4 Å². The van der Waals surface area contributed by atoms with Gasteiger partial charge in [0.25, 0.3) is 0 Å². The lowest BCUT2D eigenvalue weighted by molar-refractivity contribution is -0.136. The predicted octanol–water partition coefficient (Wildman–Crippen LogP) is -0.653. The molecule has 0 aromatic heterocycles. The van der Waals surface area contributed by atoms with E-state index in [4.69, 9.17) is 5.11 Å². The molecule has 13 heavy (non-hydrogen) atoms. The smallest absolute Gasteiger partial charge is 0.248 e. The SMILES string of the molecule is CC1C(C)S(=O)CCN1C(=O)CO. The van der Waals surface area contributed by atoms with E-state index in [1.54, 1.807) is 4.90 Å². The molecule has 0 aromatic rings. The third kappa shape index (κ3) is 2.08. The second kappa shape index (κ2) is 4.19. The van der Waals surface area contributed by atoms with Gasteiger partial charge in [-0.05, 0) is 13.8 Å². The molecule has 1 aliphatic heterocycles. The zero-order chi connectivity index (χ0) is 10.0. The highest BCUT2D eigenvalue weighted by Gasteiger charge is 2.32. The predicted molar refractivity (Wildman–Crippen MR) is 50.7 cm³/mol. The Morgan fingerprint density at radius 1 is 1.62 bits per heavy atom. The Morgan fingerprint density at radius 3 is 2.77 bits per heavy atom. The first-order valence-electron chi connectivity index (χ1n) is 4.35. The number of aliphatic hydroxyl groups excluding tert-OH is 1. The molecule has 76 valence electrons. The van der Waals surface area contributed by atoms with Crippen LogP contribution >= 0.6 is 0 Å². The van der Waals surface area contributed by atoms with Crippen LogP contribution in [-0.4, -0.2) is 50.3 Å². The first-order chi connectivity index (χ1) is 6.07. The normalized spacial score (nSPS) is 34.7.